The highest BCUT2D eigenvalue weighted by molar-refractivity contribution is 5.62. The molecule has 2 fully saturated rings. The quantitative estimate of drug-likeness (QED) is 0.909. The van der Waals surface area contributed by atoms with E-state index in [1.165, 1.54) is 50.0 Å². The van der Waals surface area contributed by atoms with Gasteiger partial charge in [0.15, 0.2) is 0 Å². The third-order valence-electron chi connectivity index (χ3n) is 4.89. The number of aromatic nitrogens is 2. The molecule has 0 saturated carbocycles. The number of aromatic amines is 1. The maximum atomic E-state index is 4.07. The summed E-state index contributed by atoms with van der Waals surface area (Å²) >= 11 is 0. The molecule has 2 aromatic rings. The Bertz CT molecular complexity index is 575. The fourth-order valence-electron chi connectivity index (χ4n) is 3.75. The summed E-state index contributed by atoms with van der Waals surface area (Å²) in [5, 5.41) is 3.71. The Kier molecular flexibility index (Phi) is 3.39. The molecule has 2 aliphatic rings. The van der Waals surface area contributed by atoms with Crippen LogP contribution >= 0.6 is 0 Å². The van der Waals surface area contributed by atoms with Gasteiger partial charge in [0.1, 0.15) is 0 Å². The number of piperidine rings is 1. The number of benzene rings is 1. The topological polar surface area (TPSA) is 44.0 Å². The molecule has 110 valence electrons. The summed E-state index contributed by atoms with van der Waals surface area (Å²) in [6.07, 6.45) is 8.91. The predicted molar refractivity (Wildman–Crippen MR) is 85.3 cm³/mol. The van der Waals surface area contributed by atoms with Crippen LogP contribution < -0.4 is 5.32 Å². The molecule has 0 aliphatic carbocycles. The van der Waals surface area contributed by atoms with Crippen LogP contribution in [0.25, 0.3) is 11.3 Å². The van der Waals surface area contributed by atoms with Crippen molar-refractivity contribution in [3.63, 3.8) is 0 Å². The van der Waals surface area contributed by atoms with E-state index in [1.54, 1.807) is 6.33 Å². The van der Waals surface area contributed by atoms with Crippen LogP contribution in [0, 0.1) is 0 Å². The van der Waals surface area contributed by atoms with E-state index in [1.807, 2.05) is 6.20 Å². The van der Waals surface area contributed by atoms with Crippen LogP contribution in [0.2, 0.25) is 0 Å². The number of nitrogens with one attached hydrogen (secondary N) is 2. The van der Waals surface area contributed by atoms with Gasteiger partial charge in [-0.05, 0) is 49.9 Å². The van der Waals surface area contributed by atoms with Gasteiger partial charge < -0.3 is 15.2 Å². The van der Waals surface area contributed by atoms with Crippen molar-refractivity contribution < 1.29 is 0 Å². The molecule has 3 heterocycles. The van der Waals surface area contributed by atoms with Gasteiger partial charge in [0.2, 0.25) is 0 Å². The van der Waals surface area contributed by atoms with Crippen LogP contribution in [0.5, 0.6) is 0 Å². The molecule has 2 aliphatic heterocycles. The van der Waals surface area contributed by atoms with Gasteiger partial charge in [-0.2, -0.15) is 0 Å². The van der Waals surface area contributed by atoms with Crippen molar-refractivity contribution in [1.29, 1.82) is 0 Å². The van der Waals surface area contributed by atoms with Crippen LogP contribution in [0.3, 0.4) is 0 Å². The number of hydrogen-bond donors (Lipinski definition) is 2. The van der Waals surface area contributed by atoms with E-state index >= 15 is 0 Å². The minimum Gasteiger partial charge on any atom is -0.382 e. The lowest BCUT2D eigenvalue weighted by Crippen LogP contribution is -2.42. The summed E-state index contributed by atoms with van der Waals surface area (Å²) in [5.41, 5.74) is 3.49. The van der Waals surface area contributed by atoms with Crippen LogP contribution in [0.15, 0.2) is 36.8 Å². The van der Waals surface area contributed by atoms with Gasteiger partial charge >= 0.3 is 0 Å². The lowest BCUT2D eigenvalue weighted by Gasteiger charge is -2.35. The molecule has 21 heavy (non-hydrogen) atoms. The van der Waals surface area contributed by atoms with Gasteiger partial charge in [0.05, 0.1) is 18.2 Å². The Morgan fingerprint density at radius 1 is 1.14 bits per heavy atom. The van der Waals surface area contributed by atoms with Crippen molar-refractivity contribution in [3.05, 3.63) is 36.8 Å². The molecule has 0 amide bonds. The van der Waals surface area contributed by atoms with Gasteiger partial charge in [-0.1, -0.05) is 12.1 Å². The molecule has 4 nitrogen and oxygen atoms in total. The van der Waals surface area contributed by atoms with Crippen LogP contribution in [0.1, 0.15) is 25.7 Å². The third-order valence-corrected chi connectivity index (χ3v) is 4.89. The van der Waals surface area contributed by atoms with Crippen molar-refractivity contribution in [2.24, 2.45) is 0 Å². The number of anilines is 1. The molecule has 2 saturated heterocycles. The second kappa shape index (κ2) is 5.53. The largest absolute Gasteiger partial charge is 0.382 e. The summed E-state index contributed by atoms with van der Waals surface area (Å²) < 4.78 is 0. The Balaban J connectivity index is 1.41. The van der Waals surface area contributed by atoms with Crippen molar-refractivity contribution >= 4 is 5.69 Å². The van der Waals surface area contributed by atoms with Gasteiger partial charge in [0, 0.05) is 24.3 Å². The van der Waals surface area contributed by atoms with E-state index < -0.39 is 0 Å². The Labute approximate surface area is 125 Å². The summed E-state index contributed by atoms with van der Waals surface area (Å²) in [5.74, 6) is 0. The zero-order valence-electron chi connectivity index (χ0n) is 12.3. The van der Waals surface area contributed by atoms with Gasteiger partial charge in [0.25, 0.3) is 0 Å². The number of fused-ring (bicyclic) bond motifs is 1. The lowest BCUT2D eigenvalue weighted by molar-refractivity contribution is 0.188. The van der Waals surface area contributed by atoms with E-state index in [4.69, 9.17) is 0 Å². The summed E-state index contributed by atoms with van der Waals surface area (Å²) in [6.45, 7) is 2.57. The highest BCUT2D eigenvalue weighted by Crippen LogP contribution is 2.29. The first kappa shape index (κ1) is 12.9. The molecular formula is C17H22N4. The average Bonchev–Trinajstić information content (AvgIpc) is 3.19. The number of imidazole rings is 1. The van der Waals surface area contributed by atoms with Gasteiger partial charge in [-0.15, -0.1) is 0 Å². The second-order valence-electron chi connectivity index (χ2n) is 6.24. The van der Waals surface area contributed by atoms with Crippen molar-refractivity contribution in [3.8, 4) is 11.3 Å². The smallest absolute Gasteiger partial charge is 0.0924 e. The number of rotatable bonds is 3. The third kappa shape index (κ3) is 2.68. The minimum absolute atomic E-state index is 0.627. The van der Waals surface area contributed by atoms with Crippen molar-refractivity contribution in [2.75, 3.05) is 18.4 Å². The molecule has 2 atom stereocenters. The first-order valence-electron chi connectivity index (χ1n) is 7.98. The van der Waals surface area contributed by atoms with E-state index in [2.05, 4.69) is 44.5 Å². The van der Waals surface area contributed by atoms with Crippen molar-refractivity contribution in [1.82, 2.24) is 14.9 Å². The summed E-state index contributed by atoms with van der Waals surface area (Å²) in [4.78, 5) is 9.88. The molecule has 2 unspecified atom stereocenters. The molecule has 4 heteroatoms. The van der Waals surface area contributed by atoms with Gasteiger partial charge in [-0.3, -0.25) is 0 Å². The molecule has 0 bridgehead atoms. The Morgan fingerprint density at radius 2 is 2.05 bits per heavy atom. The minimum atomic E-state index is 0.627. The summed E-state index contributed by atoms with van der Waals surface area (Å²) in [7, 11) is 0. The first-order chi connectivity index (χ1) is 10.4. The fraction of sp³-hybridized carbons (Fsp3) is 0.471. The highest BCUT2D eigenvalue weighted by atomic mass is 15.2. The zero-order valence-corrected chi connectivity index (χ0v) is 12.3. The maximum Gasteiger partial charge on any atom is 0.0924 e. The molecule has 2 N–H and O–H groups in total. The number of H-pyrrole nitrogens is 1. The standard InChI is InChI=1S/C17H22N4/c1-2-16-10-15(7-9-21(16)8-1)20-14-5-3-13(4-6-14)17-11-18-12-19-17/h3-6,11-12,15-16,20H,1-2,7-10H2,(H,18,19). The molecule has 1 aromatic heterocycles. The SMILES string of the molecule is c1ncc(-c2ccc(NC3CCN4CCCC4C3)cc2)[nH]1. The Hall–Kier alpha value is -1.81. The highest BCUT2D eigenvalue weighted by Gasteiger charge is 2.31. The molecule has 0 radical (unpaired) electrons. The number of nitrogens with zero attached hydrogens (tertiary/aromatic N) is 2. The molecule has 1 aromatic carbocycles. The van der Waals surface area contributed by atoms with E-state index in [0.717, 1.165) is 11.7 Å². The zero-order chi connectivity index (χ0) is 14.1. The van der Waals surface area contributed by atoms with Crippen LogP contribution in [0.4, 0.5) is 5.69 Å². The molecule has 0 spiro atoms. The lowest BCUT2D eigenvalue weighted by atomic mass is 9.97. The van der Waals surface area contributed by atoms with E-state index in [-0.39, 0.29) is 0 Å². The van der Waals surface area contributed by atoms with E-state index in [9.17, 15) is 0 Å². The first-order valence-corrected chi connectivity index (χ1v) is 7.98. The van der Waals surface area contributed by atoms with E-state index in [0.29, 0.717) is 6.04 Å². The average molecular weight is 282 g/mol. The monoisotopic (exact) mass is 282 g/mol. The Morgan fingerprint density at radius 3 is 2.86 bits per heavy atom. The normalized spacial score (nSPS) is 25.7. The summed E-state index contributed by atoms with van der Waals surface area (Å²) in [6, 6.07) is 10.1. The van der Waals surface area contributed by atoms with Crippen molar-refractivity contribution in [2.45, 2.75) is 37.8 Å². The van der Waals surface area contributed by atoms with Gasteiger partial charge in [-0.25, -0.2) is 4.98 Å². The van der Waals surface area contributed by atoms with Crippen LogP contribution in [-0.2, 0) is 0 Å². The van der Waals surface area contributed by atoms with Crippen LogP contribution in [-0.4, -0.2) is 40.0 Å². The molecule has 4 rings (SSSR count). The predicted octanol–water partition coefficient (Wildman–Crippen LogP) is 3.12. The second-order valence-corrected chi connectivity index (χ2v) is 6.24. The number of hydrogen-bond acceptors (Lipinski definition) is 3. The fourth-order valence-corrected chi connectivity index (χ4v) is 3.75. The molecular weight excluding hydrogens is 260 g/mol. The maximum absolute atomic E-state index is 4.07.